The lowest BCUT2D eigenvalue weighted by Gasteiger charge is -2.33. The van der Waals surface area contributed by atoms with Gasteiger partial charge in [-0.3, -0.25) is 14.4 Å². The molecule has 4 aromatic rings. The number of carbonyl (C=O) groups excluding carboxylic acids is 3. The molecule has 258 valence electrons. The Bertz CT molecular complexity index is 1940. The number of thioether (sulfide) groups is 1. The van der Waals surface area contributed by atoms with Crippen molar-refractivity contribution in [2.24, 2.45) is 11.3 Å². The molecule has 2 unspecified atom stereocenters. The van der Waals surface area contributed by atoms with Crippen LogP contribution >= 0.6 is 23.1 Å². The molecule has 2 atom stereocenters. The summed E-state index contributed by atoms with van der Waals surface area (Å²) in [6.07, 6.45) is 4.45. The minimum Gasteiger partial charge on any atom is -0.378 e. The first-order valence-electron chi connectivity index (χ1n) is 16.6. The third-order valence-corrected chi connectivity index (χ3v) is 11.1. The van der Waals surface area contributed by atoms with Crippen molar-refractivity contribution in [3.05, 3.63) is 112 Å². The van der Waals surface area contributed by atoms with Crippen LogP contribution in [-0.2, 0) is 22.4 Å². The number of rotatable bonds is 10. The maximum Gasteiger partial charge on any atom is 0.272 e. The van der Waals surface area contributed by atoms with Crippen molar-refractivity contribution >= 4 is 63.3 Å². The van der Waals surface area contributed by atoms with Gasteiger partial charge in [0.15, 0.2) is 0 Å². The molecule has 1 aliphatic carbocycles. The quantitative estimate of drug-likeness (QED) is 0.113. The molecule has 10 heteroatoms. The second kappa shape index (κ2) is 15.8. The van der Waals surface area contributed by atoms with Gasteiger partial charge >= 0.3 is 0 Å². The van der Waals surface area contributed by atoms with Crippen LogP contribution in [-0.4, -0.2) is 37.1 Å². The van der Waals surface area contributed by atoms with Crippen LogP contribution in [0, 0.1) is 22.7 Å². The van der Waals surface area contributed by atoms with Crippen molar-refractivity contribution < 1.29 is 14.4 Å². The maximum atomic E-state index is 13.6. The molecule has 3 N–H and O–H groups in total. The number of benzene rings is 3. The van der Waals surface area contributed by atoms with Gasteiger partial charge in [0.1, 0.15) is 16.8 Å². The lowest BCUT2D eigenvalue weighted by Crippen LogP contribution is -2.30. The molecular formula is C40H43N5O3S2. The van der Waals surface area contributed by atoms with Gasteiger partial charge in [-0.05, 0) is 97.2 Å². The highest BCUT2D eigenvalue weighted by Crippen LogP contribution is 2.44. The second-order valence-corrected chi connectivity index (χ2v) is 16.2. The smallest absolute Gasteiger partial charge is 0.272 e. The molecule has 1 aliphatic rings. The van der Waals surface area contributed by atoms with E-state index in [2.05, 4.69) is 42.8 Å². The standard InChI is InChI=1S/C40H43N5O3S2/c1-25(36(46)44-39-33(24-41)32-20-17-28(40(2,3)4)22-35(32)50-39)49-31-14-10-13-29(23-31)42-38(48)34(43-37(47)27-11-8-7-9-12-27)21-26-15-18-30(19-16-26)45(5)6/h7-16,18-19,21,23,25,28H,17,20,22H2,1-6H3,(H,42,48)(H,43,47)(H,44,46)/b34-21+. The van der Waals surface area contributed by atoms with Gasteiger partial charge in [0.2, 0.25) is 5.91 Å². The molecule has 0 saturated carbocycles. The molecule has 3 amide bonds. The Hall–Kier alpha value is -4.85. The number of amides is 3. The summed E-state index contributed by atoms with van der Waals surface area (Å²) in [7, 11) is 3.90. The van der Waals surface area contributed by atoms with Gasteiger partial charge in [0, 0.05) is 40.8 Å². The monoisotopic (exact) mass is 705 g/mol. The summed E-state index contributed by atoms with van der Waals surface area (Å²) in [5.74, 6) is -0.548. The molecule has 0 spiro atoms. The Labute approximate surface area is 303 Å². The lowest BCUT2D eigenvalue weighted by atomic mass is 9.72. The molecule has 0 fully saturated rings. The summed E-state index contributed by atoms with van der Waals surface area (Å²) in [6.45, 7) is 8.60. The summed E-state index contributed by atoms with van der Waals surface area (Å²) in [5.41, 5.74) is 4.64. The molecule has 0 saturated heterocycles. The Morgan fingerprint density at radius 2 is 1.72 bits per heavy atom. The van der Waals surface area contributed by atoms with E-state index in [-0.39, 0.29) is 17.0 Å². The number of fused-ring (bicyclic) bond motifs is 1. The first-order chi connectivity index (χ1) is 23.8. The van der Waals surface area contributed by atoms with Crippen molar-refractivity contribution in [3.8, 4) is 6.07 Å². The molecule has 1 heterocycles. The van der Waals surface area contributed by atoms with E-state index < -0.39 is 17.1 Å². The van der Waals surface area contributed by atoms with Crippen molar-refractivity contribution in [3.63, 3.8) is 0 Å². The van der Waals surface area contributed by atoms with Gasteiger partial charge in [-0.2, -0.15) is 5.26 Å². The van der Waals surface area contributed by atoms with E-state index >= 15 is 0 Å². The summed E-state index contributed by atoms with van der Waals surface area (Å²) in [5, 5.41) is 18.9. The van der Waals surface area contributed by atoms with E-state index in [1.807, 2.05) is 62.3 Å². The predicted octanol–water partition coefficient (Wildman–Crippen LogP) is 8.37. The Balaban J connectivity index is 1.28. The first-order valence-corrected chi connectivity index (χ1v) is 18.3. The number of thiophene rings is 1. The number of nitrogens with zero attached hydrogens (tertiary/aromatic N) is 2. The normalized spacial score (nSPS) is 14.9. The summed E-state index contributed by atoms with van der Waals surface area (Å²) in [6, 6.07) is 26.0. The second-order valence-electron chi connectivity index (χ2n) is 13.7. The summed E-state index contributed by atoms with van der Waals surface area (Å²) >= 11 is 2.88. The number of nitrogens with one attached hydrogen (secondary N) is 3. The largest absolute Gasteiger partial charge is 0.378 e. The maximum absolute atomic E-state index is 13.6. The van der Waals surface area contributed by atoms with E-state index in [0.717, 1.165) is 41.0 Å². The van der Waals surface area contributed by atoms with E-state index in [1.54, 1.807) is 48.5 Å². The molecule has 0 radical (unpaired) electrons. The fourth-order valence-electron chi connectivity index (χ4n) is 5.83. The van der Waals surface area contributed by atoms with Crippen molar-refractivity contribution in [1.82, 2.24) is 5.32 Å². The highest BCUT2D eigenvalue weighted by atomic mass is 32.2. The Kier molecular flexibility index (Phi) is 11.5. The van der Waals surface area contributed by atoms with Crippen LogP contribution in [0.2, 0.25) is 0 Å². The molecule has 1 aromatic heterocycles. The van der Waals surface area contributed by atoms with Gasteiger partial charge in [0.05, 0.1) is 10.8 Å². The van der Waals surface area contributed by atoms with Crippen LogP contribution in [0.4, 0.5) is 16.4 Å². The average molecular weight is 706 g/mol. The predicted molar refractivity (Wildman–Crippen MR) is 206 cm³/mol. The van der Waals surface area contributed by atoms with Crippen LogP contribution < -0.4 is 20.9 Å². The Morgan fingerprint density at radius 3 is 2.38 bits per heavy atom. The zero-order valence-corrected chi connectivity index (χ0v) is 30.9. The number of carbonyl (C=O) groups is 3. The molecule has 3 aromatic carbocycles. The number of hydrogen-bond acceptors (Lipinski definition) is 7. The molecule has 8 nitrogen and oxygen atoms in total. The van der Waals surface area contributed by atoms with Crippen LogP contribution in [0.25, 0.3) is 6.08 Å². The number of nitriles is 1. The zero-order chi connectivity index (χ0) is 36.0. The van der Waals surface area contributed by atoms with E-state index in [0.29, 0.717) is 27.7 Å². The van der Waals surface area contributed by atoms with Crippen molar-refractivity contribution in [2.75, 3.05) is 29.6 Å². The fourth-order valence-corrected chi connectivity index (χ4v) is 8.03. The van der Waals surface area contributed by atoms with Crippen LogP contribution in [0.15, 0.2) is 89.5 Å². The third-order valence-electron chi connectivity index (χ3n) is 8.86. The fraction of sp³-hybridized carbons (Fsp3) is 0.300. The summed E-state index contributed by atoms with van der Waals surface area (Å²) in [4.78, 5) is 44.0. The molecular weight excluding hydrogens is 663 g/mol. The SMILES string of the molecule is CC(Sc1cccc(NC(=O)/C(=C\c2ccc(N(C)C)cc2)NC(=O)c2ccccc2)c1)C(=O)Nc1sc2c(c1C#N)CCC(C(C)(C)C)C2. The van der Waals surface area contributed by atoms with Gasteiger partial charge in [-0.15, -0.1) is 23.1 Å². The van der Waals surface area contributed by atoms with Crippen molar-refractivity contribution in [1.29, 1.82) is 5.26 Å². The van der Waals surface area contributed by atoms with E-state index in [1.165, 1.54) is 28.0 Å². The number of hydrogen-bond donors (Lipinski definition) is 3. The highest BCUT2D eigenvalue weighted by Gasteiger charge is 2.32. The van der Waals surface area contributed by atoms with Crippen LogP contribution in [0.3, 0.4) is 0 Å². The molecule has 50 heavy (non-hydrogen) atoms. The van der Waals surface area contributed by atoms with Crippen LogP contribution in [0.5, 0.6) is 0 Å². The minimum atomic E-state index is -0.488. The van der Waals surface area contributed by atoms with Gasteiger partial charge in [0.25, 0.3) is 11.8 Å². The van der Waals surface area contributed by atoms with Crippen LogP contribution in [0.1, 0.15) is 66.0 Å². The first kappa shape index (κ1) is 36.4. The van der Waals surface area contributed by atoms with E-state index in [4.69, 9.17) is 0 Å². The lowest BCUT2D eigenvalue weighted by molar-refractivity contribution is -0.115. The molecule has 0 bridgehead atoms. The average Bonchev–Trinajstić information content (AvgIpc) is 3.44. The molecule has 0 aliphatic heterocycles. The highest BCUT2D eigenvalue weighted by molar-refractivity contribution is 8.00. The number of anilines is 3. The van der Waals surface area contributed by atoms with Gasteiger partial charge < -0.3 is 20.9 Å². The minimum absolute atomic E-state index is 0.0861. The van der Waals surface area contributed by atoms with Gasteiger partial charge in [-0.1, -0.05) is 57.2 Å². The zero-order valence-electron chi connectivity index (χ0n) is 29.3. The topological polar surface area (TPSA) is 114 Å². The van der Waals surface area contributed by atoms with Crippen molar-refractivity contribution in [2.45, 2.75) is 57.1 Å². The molecule has 5 rings (SSSR count). The summed E-state index contributed by atoms with van der Waals surface area (Å²) < 4.78 is 0. The Morgan fingerprint density at radius 1 is 1.00 bits per heavy atom. The van der Waals surface area contributed by atoms with Gasteiger partial charge in [-0.25, -0.2) is 0 Å². The van der Waals surface area contributed by atoms with E-state index in [9.17, 15) is 19.6 Å². The third kappa shape index (κ3) is 9.03.